The molecule has 0 amide bonds. The zero-order valence-corrected chi connectivity index (χ0v) is 3.95. The fourth-order valence-electron chi connectivity index (χ4n) is 0. The second kappa shape index (κ2) is 214000. The Morgan fingerprint density at radius 3 is 0.240 bits per heavy atom. The van der Waals surface area contributed by atoms with Crippen LogP contribution in [0.4, 0.5) is 0 Å². The maximum Gasteiger partial charge on any atom is 0.0319 e. The van der Waals surface area contributed by atoms with E-state index in [4.69, 9.17) is 5.11 Å². The molecule has 0 heterocycles. The fraction of sp³-hybridized carbons (Fsp3) is 1.00. The first-order chi connectivity index (χ1) is 1.00. The molecule has 0 aliphatic heterocycles. The predicted molar refractivity (Wildman–Crippen MR) is 158 cm³/mol. The van der Waals surface area contributed by atoms with Gasteiger partial charge in [0.2, 0.25) is 0 Å². The Morgan fingerprint density at radius 2 is 0.240 bits per heavy atom. The molecule has 0 aliphatic rings. The summed E-state index contributed by atoms with van der Waals surface area (Å²) in [6.07, 6.45) is 0. The lowest BCUT2D eigenvalue weighted by molar-refractivity contribution is 0.399. The lowest BCUT2D eigenvalue weighted by Crippen LogP contribution is -1.25. The highest BCUT2D eigenvalue weighted by atomic mass is 16.2. The summed E-state index contributed by atoms with van der Waals surface area (Å²) in [6, 6.07) is 0. The topological polar surface area (TPSA) is 178 Å². The van der Waals surface area contributed by atoms with Crippen molar-refractivity contribution in [1.82, 2.24) is 0 Å². The van der Waals surface area contributed by atoms with Crippen LogP contribution < -0.4 is 0 Å². The van der Waals surface area contributed by atoms with Crippen LogP contribution in [0.1, 0.15) is 141 Å². The highest BCUT2D eigenvalue weighted by Gasteiger charge is 0.839. The highest BCUT2D eigenvalue weighted by molar-refractivity contribution is 3.18. The zero-order valence-electron chi connectivity index (χ0n) is 3.95. The molecule has 11 N–H and O–H groups in total. The molecule has 0 saturated heterocycles. The van der Waals surface area contributed by atoms with Gasteiger partial charge in [0, 0.05) is 14.2 Å². The van der Waals surface area contributed by atoms with E-state index < -0.39 is 0 Å². The molecule has 0 aromatic carbocycles. The Morgan fingerprint density at radius 1 is 0.240 bits per heavy atom. The van der Waals surface area contributed by atoms with Crippen LogP contribution in [0.3, 0.4) is 0 Å². The molecule has 0 bridgehead atoms. The SMILES string of the molecule is C.C.C.C.C.C.C.C.C.C.C.C.C.C.C.C.C.C.CO.O.O.O.O.O.[HH].[HH].[HH].[HH].[HH]. The Bertz CT molecular complexity index is 39.4. The average molecular weight is 421 g/mol. The highest BCUT2D eigenvalue weighted by Crippen LogP contribution is 0.755. The standard InChI is InChI=1S/CH4O.18CH4.5H2O.5H2/c1-2;;;;;;;;;;;;;;;;;;;;;;;;;;;;/h2H,1H3;18*1H4;5*1H2;5*1H. The molecule has 0 atom stereocenters. The van der Waals surface area contributed by atoms with Gasteiger partial charge < -0.3 is 32.5 Å². The first kappa shape index (κ1) is 24200. The molecule has 0 rings (SSSR count). The number of hydrogen-bond acceptors (Lipinski definition) is 1. The van der Waals surface area contributed by atoms with E-state index in [9.17, 15) is 0 Å². The average Bonchev–Trinajstić information content (AvgIpc) is 1.00. The first-order valence-corrected chi connectivity index (χ1v) is 0.447. The quantitative estimate of drug-likeness (QED) is 0.408. The lowest BCUT2D eigenvalue weighted by atomic mass is 11.8. The van der Waals surface area contributed by atoms with Gasteiger partial charge in [-0.2, -0.15) is 0 Å². The van der Waals surface area contributed by atoms with E-state index in [1.54, 1.807) is 0 Å². The Balaban J connectivity index is -0.0000000000132. The van der Waals surface area contributed by atoms with Crippen LogP contribution in [0, 0.1) is 0 Å². The van der Waals surface area contributed by atoms with E-state index in [2.05, 4.69) is 0 Å². The summed E-state index contributed by atoms with van der Waals surface area (Å²) >= 11 is 0. The van der Waals surface area contributed by atoms with Gasteiger partial charge in [-0.1, -0.05) is 134 Å². The minimum Gasteiger partial charge on any atom is -0.412 e. The minimum atomic E-state index is 0. The number of rotatable bonds is 0. The van der Waals surface area contributed by atoms with Crippen LogP contribution in [0.2, 0.25) is 0 Å². The van der Waals surface area contributed by atoms with Crippen LogP contribution in [-0.2, 0) is 0 Å². The largest absolute Gasteiger partial charge is 0.412 e. The molecule has 0 fully saturated rings. The van der Waals surface area contributed by atoms with Crippen LogP contribution >= 0.6 is 0 Å². The molecule has 0 radical (unpaired) electrons. The van der Waals surface area contributed by atoms with Gasteiger partial charge in [0.25, 0.3) is 0 Å². The van der Waals surface area contributed by atoms with Gasteiger partial charge in [0.1, 0.15) is 0 Å². The normalized spacial score (nSPS) is 0.240. The molecule has 0 aromatic heterocycles. The van der Waals surface area contributed by atoms with Crippen LogP contribution in [0.25, 0.3) is 0 Å². The van der Waals surface area contributed by atoms with E-state index in [-0.39, 0.29) is 168 Å². The maximum absolute atomic E-state index is 7.00. The molecule has 0 saturated carbocycles. The second-order valence-corrected chi connectivity index (χ2v) is 0. The van der Waals surface area contributed by atoms with Gasteiger partial charge in [-0.05, 0) is 0 Å². The molecule has 0 aliphatic carbocycles. The summed E-state index contributed by atoms with van der Waals surface area (Å²) in [5, 5.41) is 7.00. The molecule has 208 valence electrons. The third-order valence-corrected chi connectivity index (χ3v) is 0. The van der Waals surface area contributed by atoms with E-state index in [0.29, 0.717) is 0 Å². The lowest BCUT2D eigenvalue weighted by Gasteiger charge is -1.21. The van der Waals surface area contributed by atoms with Crippen LogP contribution in [0.15, 0.2) is 0 Å². The van der Waals surface area contributed by atoms with Gasteiger partial charge in [0.05, 0.1) is 0 Å². The number of hydrogen-bond donors (Lipinski definition) is 1. The van der Waals surface area contributed by atoms with E-state index >= 15 is 0 Å². The minimum absolute atomic E-state index is 0. The first-order valence-electron chi connectivity index (χ1n) is 0.447. The summed E-state index contributed by atoms with van der Waals surface area (Å²) in [5.74, 6) is 0. The predicted octanol–water partition coefficient (Wildman–Crippen LogP) is 8.16. The number of aliphatic hydroxyl groups is 1. The van der Waals surface area contributed by atoms with E-state index in [1.165, 1.54) is 0 Å². The molecule has 0 spiro atoms. The second-order valence-electron chi connectivity index (χ2n) is 0. The molecule has 0 unspecified atom stereocenters. The van der Waals surface area contributed by atoms with Crippen molar-refractivity contribution in [2.75, 3.05) is 7.11 Å². The van der Waals surface area contributed by atoms with Crippen molar-refractivity contribution in [3.63, 3.8) is 0 Å². The van der Waals surface area contributed by atoms with Crippen molar-refractivity contribution in [3.05, 3.63) is 0 Å². The Hall–Kier alpha value is -0.240. The summed E-state index contributed by atoms with van der Waals surface area (Å²) in [6.45, 7) is 0. The van der Waals surface area contributed by atoms with Gasteiger partial charge in [-0.25, -0.2) is 0 Å². The summed E-state index contributed by atoms with van der Waals surface area (Å²) in [7, 11) is 1.00. The van der Waals surface area contributed by atoms with Gasteiger partial charge in [0.15, 0.2) is 0 Å². The maximum atomic E-state index is 7.00. The zero-order chi connectivity index (χ0) is 2.00. The van der Waals surface area contributed by atoms with Crippen molar-refractivity contribution in [1.29, 1.82) is 0 Å². The number of aliphatic hydroxyl groups excluding tert-OH is 1. The monoisotopic (exact) mass is 421 g/mol. The van der Waals surface area contributed by atoms with Crippen LogP contribution in [-0.4, -0.2) is 39.6 Å². The molecule has 6 heteroatoms. The molecular weight excluding hydrogens is 324 g/mol. The van der Waals surface area contributed by atoms with Crippen molar-refractivity contribution in [3.8, 4) is 0 Å². The van der Waals surface area contributed by atoms with Gasteiger partial charge >= 0.3 is 0 Å². The molecule has 6 nitrogen and oxygen atoms in total. The van der Waals surface area contributed by atoms with E-state index in [0.717, 1.165) is 7.11 Å². The Labute approximate surface area is 181 Å². The van der Waals surface area contributed by atoms with Crippen molar-refractivity contribution >= 4 is 0 Å². The molecule has 0 aromatic rings. The van der Waals surface area contributed by atoms with Crippen molar-refractivity contribution < 1.29 is 39.6 Å². The van der Waals surface area contributed by atoms with Gasteiger partial charge in [-0.15, -0.1) is 0 Å². The van der Waals surface area contributed by atoms with Crippen LogP contribution in [0.5, 0.6) is 0 Å². The van der Waals surface area contributed by atoms with Gasteiger partial charge in [-0.3, -0.25) is 0 Å². The third kappa shape index (κ3) is 195000. The fourth-order valence-corrected chi connectivity index (χ4v) is 0. The third-order valence-electron chi connectivity index (χ3n) is 0. The van der Waals surface area contributed by atoms with Crippen molar-refractivity contribution in [2.24, 2.45) is 0 Å². The molecular formula is C19H96O6. The summed E-state index contributed by atoms with van der Waals surface area (Å²) in [5.41, 5.74) is 0. The Kier molecular flexibility index (Phi) is 207000000. The smallest absolute Gasteiger partial charge is 0.0319 e. The van der Waals surface area contributed by atoms with Crippen molar-refractivity contribution in [2.45, 2.75) is 134 Å². The molecule has 25 heavy (non-hydrogen) atoms. The summed E-state index contributed by atoms with van der Waals surface area (Å²) < 4.78 is 0. The van der Waals surface area contributed by atoms with E-state index in [1.807, 2.05) is 0 Å². The summed E-state index contributed by atoms with van der Waals surface area (Å²) in [4.78, 5) is 0.